The summed E-state index contributed by atoms with van der Waals surface area (Å²) in [6, 6.07) is 0. The Kier molecular flexibility index (Phi) is 3.06. The van der Waals surface area contributed by atoms with Crippen molar-refractivity contribution in [2.75, 3.05) is 20.2 Å². The highest BCUT2D eigenvalue weighted by Crippen LogP contribution is 2.43. The Morgan fingerprint density at radius 3 is 2.80 bits per heavy atom. The van der Waals surface area contributed by atoms with Gasteiger partial charge in [0, 0.05) is 13.0 Å². The van der Waals surface area contributed by atoms with E-state index in [1.54, 1.807) is 0 Å². The number of ether oxygens (including phenoxy) is 2. The van der Waals surface area contributed by atoms with Crippen molar-refractivity contribution in [2.45, 2.75) is 56.8 Å². The van der Waals surface area contributed by atoms with Crippen LogP contribution >= 0.6 is 0 Å². The lowest BCUT2D eigenvalue weighted by atomic mass is 9.82. The first kappa shape index (κ1) is 11.4. The zero-order chi connectivity index (χ0) is 10.9. The van der Waals surface area contributed by atoms with Crippen LogP contribution in [0.2, 0.25) is 0 Å². The second kappa shape index (κ2) is 4.04. The van der Waals surface area contributed by atoms with E-state index >= 15 is 0 Å². The minimum atomic E-state index is -0.00716. The first-order valence-electron chi connectivity index (χ1n) is 6.02. The number of hydrogen-bond donors (Lipinski definition) is 1. The summed E-state index contributed by atoms with van der Waals surface area (Å²) < 4.78 is 12.0. The molecular weight excluding hydrogens is 190 g/mol. The average molecular weight is 213 g/mol. The number of nitrogens with one attached hydrogen (secondary N) is 1. The third-order valence-corrected chi connectivity index (χ3v) is 3.57. The van der Waals surface area contributed by atoms with Crippen molar-refractivity contribution in [1.82, 2.24) is 5.32 Å². The standard InChI is InChI=1S/C12H23NO2/c1-11(2)9-12(6-7-14-11)5-4-10(15-12)8-13-3/h10,13H,4-9H2,1-3H3. The van der Waals surface area contributed by atoms with E-state index < -0.39 is 0 Å². The lowest BCUT2D eigenvalue weighted by Gasteiger charge is -2.42. The highest BCUT2D eigenvalue weighted by molar-refractivity contribution is 4.96. The Morgan fingerprint density at radius 2 is 2.13 bits per heavy atom. The molecule has 2 unspecified atom stereocenters. The van der Waals surface area contributed by atoms with Crippen molar-refractivity contribution in [1.29, 1.82) is 0 Å². The molecule has 0 bridgehead atoms. The Morgan fingerprint density at radius 1 is 1.33 bits per heavy atom. The summed E-state index contributed by atoms with van der Waals surface area (Å²) in [5.41, 5.74) is 0.107. The predicted octanol–water partition coefficient (Wildman–Crippen LogP) is 1.71. The molecule has 1 spiro atoms. The van der Waals surface area contributed by atoms with Gasteiger partial charge in [-0.1, -0.05) is 0 Å². The molecule has 15 heavy (non-hydrogen) atoms. The Bertz CT molecular complexity index is 230. The molecule has 0 aromatic carbocycles. The maximum Gasteiger partial charge on any atom is 0.0737 e. The molecule has 2 fully saturated rings. The molecule has 0 radical (unpaired) electrons. The van der Waals surface area contributed by atoms with Crippen LogP contribution < -0.4 is 5.32 Å². The highest BCUT2D eigenvalue weighted by Gasteiger charge is 2.46. The quantitative estimate of drug-likeness (QED) is 0.757. The van der Waals surface area contributed by atoms with Gasteiger partial charge in [0.25, 0.3) is 0 Å². The van der Waals surface area contributed by atoms with Crippen molar-refractivity contribution in [3.05, 3.63) is 0 Å². The van der Waals surface area contributed by atoms with Gasteiger partial charge in [0.2, 0.25) is 0 Å². The molecule has 0 amide bonds. The molecule has 2 saturated heterocycles. The van der Waals surface area contributed by atoms with Crippen molar-refractivity contribution in [3.8, 4) is 0 Å². The van der Waals surface area contributed by atoms with Crippen LogP contribution in [0.4, 0.5) is 0 Å². The third kappa shape index (κ3) is 2.52. The van der Waals surface area contributed by atoms with E-state index in [0.717, 1.165) is 26.0 Å². The molecule has 2 rings (SSSR count). The van der Waals surface area contributed by atoms with E-state index in [-0.39, 0.29) is 11.2 Å². The van der Waals surface area contributed by atoms with Gasteiger partial charge in [-0.2, -0.15) is 0 Å². The molecule has 2 heterocycles. The lowest BCUT2D eigenvalue weighted by molar-refractivity contribution is -0.162. The Hall–Kier alpha value is -0.120. The van der Waals surface area contributed by atoms with Crippen molar-refractivity contribution < 1.29 is 9.47 Å². The van der Waals surface area contributed by atoms with Crippen LogP contribution in [0.5, 0.6) is 0 Å². The van der Waals surface area contributed by atoms with Gasteiger partial charge in [0.05, 0.1) is 23.9 Å². The summed E-state index contributed by atoms with van der Waals surface area (Å²) in [6.07, 6.45) is 4.91. The zero-order valence-electron chi connectivity index (χ0n) is 10.1. The summed E-state index contributed by atoms with van der Waals surface area (Å²) in [4.78, 5) is 0. The van der Waals surface area contributed by atoms with Gasteiger partial charge in [0.15, 0.2) is 0 Å². The van der Waals surface area contributed by atoms with Crippen LogP contribution in [0.1, 0.15) is 39.5 Å². The first-order chi connectivity index (χ1) is 7.05. The molecule has 0 aliphatic carbocycles. The smallest absolute Gasteiger partial charge is 0.0737 e. The van der Waals surface area contributed by atoms with E-state index in [9.17, 15) is 0 Å². The molecule has 0 saturated carbocycles. The van der Waals surface area contributed by atoms with Crippen LogP contribution in [-0.2, 0) is 9.47 Å². The Balaban J connectivity index is 1.97. The summed E-state index contributed by atoms with van der Waals surface area (Å²) in [5, 5.41) is 3.20. The summed E-state index contributed by atoms with van der Waals surface area (Å²) in [7, 11) is 1.99. The molecule has 2 aliphatic rings. The van der Waals surface area contributed by atoms with Crippen LogP contribution in [0.15, 0.2) is 0 Å². The fourth-order valence-corrected chi connectivity index (χ4v) is 3.01. The van der Waals surface area contributed by atoms with Gasteiger partial charge >= 0.3 is 0 Å². The fraction of sp³-hybridized carbons (Fsp3) is 1.00. The minimum absolute atomic E-state index is 0.00716. The van der Waals surface area contributed by atoms with E-state index in [4.69, 9.17) is 9.47 Å². The minimum Gasteiger partial charge on any atom is -0.375 e. The van der Waals surface area contributed by atoms with Crippen LogP contribution in [0.3, 0.4) is 0 Å². The van der Waals surface area contributed by atoms with Gasteiger partial charge in [-0.05, 0) is 40.2 Å². The maximum absolute atomic E-state index is 6.22. The molecule has 2 aliphatic heterocycles. The van der Waals surface area contributed by atoms with E-state index in [0.29, 0.717) is 6.10 Å². The second-order valence-corrected chi connectivity index (χ2v) is 5.55. The molecule has 88 valence electrons. The van der Waals surface area contributed by atoms with Crippen LogP contribution in [0.25, 0.3) is 0 Å². The summed E-state index contributed by atoms with van der Waals surface area (Å²) >= 11 is 0. The molecule has 3 nitrogen and oxygen atoms in total. The van der Waals surface area contributed by atoms with Crippen LogP contribution in [0, 0.1) is 0 Å². The lowest BCUT2D eigenvalue weighted by Crippen LogP contribution is -2.46. The number of rotatable bonds is 2. The number of hydrogen-bond acceptors (Lipinski definition) is 3. The monoisotopic (exact) mass is 213 g/mol. The van der Waals surface area contributed by atoms with Gasteiger partial charge < -0.3 is 14.8 Å². The van der Waals surface area contributed by atoms with Gasteiger partial charge in [-0.15, -0.1) is 0 Å². The maximum atomic E-state index is 6.22. The zero-order valence-corrected chi connectivity index (χ0v) is 10.1. The fourth-order valence-electron chi connectivity index (χ4n) is 3.01. The largest absolute Gasteiger partial charge is 0.375 e. The van der Waals surface area contributed by atoms with Crippen molar-refractivity contribution >= 4 is 0 Å². The van der Waals surface area contributed by atoms with Gasteiger partial charge in [-0.3, -0.25) is 0 Å². The molecule has 3 heteroatoms. The summed E-state index contributed by atoms with van der Waals surface area (Å²) in [6.45, 7) is 6.16. The molecule has 0 aromatic rings. The van der Waals surface area contributed by atoms with Gasteiger partial charge in [0.1, 0.15) is 0 Å². The SMILES string of the molecule is CNCC1CCC2(CCOC(C)(C)C2)O1. The van der Waals surface area contributed by atoms with E-state index in [2.05, 4.69) is 19.2 Å². The Labute approximate surface area is 92.5 Å². The van der Waals surface area contributed by atoms with Crippen molar-refractivity contribution in [3.63, 3.8) is 0 Å². The predicted molar refractivity (Wildman–Crippen MR) is 60.0 cm³/mol. The third-order valence-electron chi connectivity index (χ3n) is 3.57. The second-order valence-electron chi connectivity index (χ2n) is 5.55. The summed E-state index contributed by atoms with van der Waals surface area (Å²) in [5.74, 6) is 0. The molecule has 0 aromatic heterocycles. The van der Waals surface area contributed by atoms with Gasteiger partial charge in [-0.25, -0.2) is 0 Å². The normalized spacial score (nSPS) is 39.8. The highest BCUT2D eigenvalue weighted by atomic mass is 16.5. The van der Waals surface area contributed by atoms with E-state index in [1.165, 1.54) is 12.8 Å². The molecule has 2 atom stereocenters. The average Bonchev–Trinajstić information content (AvgIpc) is 2.47. The first-order valence-corrected chi connectivity index (χ1v) is 6.02. The topological polar surface area (TPSA) is 30.5 Å². The van der Waals surface area contributed by atoms with E-state index in [1.807, 2.05) is 7.05 Å². The number of likely N-dealkylation sites (N-methyl/N-ethyl adjacent to an activating group) is 1. The van der Waals surface area contributed by atoms with Crippen LogP contribution in [-0.4, -0.2) is 37.5 Å². The molecular formula is C12H23NO2. The van der Waals surface area contributed by atoms with Crippen molar-refractivity contribution in [2.24, 2.45) is 0 Å². The molecule has 1 N–H and O–H groups in total.